The Bertz CT molecular complexity index is 598. The van der Waals surface area contributed by atoms with Gasteiger partial charge in [0.05, 0.1) is 10.6 Å². The number of nitrogens with two attached hydrogens (primary N) is 1. The first kappa shape index (κ1) is 16.7. The summed E-state index contributed by atoms with van der Waals surface area (Å²) in [6.07, 6.45) is 0.673. The molecule has 0 atom stereocenters. The third-order valence-electron chi connectivity index (χ3n) is 3.26. The average Bonchev–Trinajstić information content (AvgIpc) is 2.44. The maximum absolute atomic E-state index is 12.4. The Hall–Kier alpha value is -1.31. The van der Waals surface area contributed by atoms with Gasteiger partial charge in [-0.1, -0.05) is 42.7 Å². The Labute approximate surface area is 123 Å². The second-order valence-corrected chi connectivity index (χ2v) is 6.37. The van der Waals surface area contributed by atoms with Gasteiger partial charge in [-0.2, -0.15) is 4.72 Å². The summed E-state index contributed by atoms with van der Waals surface area (Å²) in [5.41, 5.74) is 4.49. The van der Waals surface area contributed by atoms with Crippen LogP contribution >= 0.6 is 11.6 Å². The number of hydrogen-bond donors (Lipinski definition) is 3. The molecule has 1 rings (SSSR count). The van der Waals surface area contributed by atoms with E-state index in [4.69, 9.17) is 22.5 Å². The van der Waals surface area contributed by atoms with Crippen LogP contribution in [-0.2, 0) is 10.0 Å². The van der Waals surface area contributed by atoms with Crippen LogP contribution in [-0.4, -0.2) is 25.0 Å². The molecular weight excluding hydrogens is 302 g/mol. The minimum Gasteiger partial charge on any atom is -0.409 e. The second-order valence-electron chi connectivity index (χ2n) is 4.31. The van der Waals surface area contributed by atoms with Crippen LogP contribution in [0.1, 0.15) is 26.7 Å². The number of oxime groups is 1. The average molecular weight is 320 g/mol. The summed E-state index contributed by atoms with van der Waals surface area (Å²) in [7, 11) is -3.88. The topological polar surface area (TPSA) is 105 Å². The van der Waals surface area contributed by atoms with Gasteiger partial charge in [-0.15, -0.1) is 0 Å². The highest BCUT2D eigenvalue weighted by atomic mass is 35.5. The number of nitrogens with one attached hydrogen (secondary N) is 1. The smallest absolute Gasteiger partial charge is 0.242 e. The fourth-order valence-corrected chi connectivity index (χ4v) is 3.92. The van der Waals surface area contributed by atoms with Crippen molar-refractivity contribution in [3.63, 3.8) is 0 Å². The lowest BCUT2D eigenvalue weighted by atomic mass is 9.93. The minimum atomic E-state index is -3.88. The van der Waals surface area contributed by atoms with Crippen molar-refractivity contribution in [2.45, 2.75) is 37.1 Å². The Morgan fingerprint density at radius 1 is 1.40 bits per heavy atom. The van der Waals surface area contributed by atoms with Gasteiger partial charge in [0.2, 0.25) is 10.0 Å². The molecule has 8 heteroatoms. The van der Waals surface area contributed by atoms with E-state index in [9.17, 15) is 8.42 Å². The van der Waals surface area contributed by atoms with Crippen molar-refractivity contribution in [2.24, 2.45) is 10.9 Å². The van der Waals surface area contributed by atoms with Gasteiger partial charge < -0.3 is 10.9 Å². The van der Waals surface area contributed by atoms with Gasteiger partial charge in [0.25, 0.3) is 0 Å². The number of nitrogens with zero attached hydrogens (tertiary/aromatic N) is 1. The molecule has 6 nitrogen and oxygen atoms in total. The third kappa shape index (κ3) is 3.23. The van der Waals surface area contributed by atoms with Gasteiger partial charge in [0, 0.05) is 0 Å². The summed E-state index contributed by atoms with van der Waals surface area (Å²) in [4.78, 5) is -0.0429. The van der Waals surface area contributed by atoms with Crippen LogP contribution in [0.4, 0.5) is 0 Å². The van der Waals surface area contributed by atoms with Crippen molar-refractivity contribution in [1.82, 2.24) is 4.72 Å². The van der Waals surface area contributed by atoms with E-state index in [0.717, 1.165) is 0 Å². The highest BCUT2D eigenvalue weighted by molar-refractivity contribution is 7.89. The van der Waals surface area contributed by atoms with Crippen LogP contribution in [0.15, 0.2) is 34.3 Å². The Balaban J connectivity index is 3.27. The SMILES string of the molecule is CCC(CC)(NS(=O)(=O)c1ccccc1Cl)/C(N)=N/O. The van der Waals surface area contributed by atoms with E-state index in [1.54, 1.807) is 26.0 Å². The van der Waals surface area contributed by atoms with Crippen molar-refractivity contribution >= 4 is 27.5 Å². The van der Waals surface area contributed by atoms with E-state index in [0.29, 0.717) is 12.8 Å². The molecule has 0 aliphatic carbocycles. The lowest BCUT2D eigenvalue weighted by Gasteiger charge is -2.31. The molecular formula is C12H18ClN3O3S. The van der Waals surface area contributed by atoms with E-state index < -0.39 is 15.6 Å². The molecule has 112 valence electrons. The molecule has 4 N–H and O–H groups in total. The summed E-state index contributed by atoms with van der Waals surface area (Å²) < 4.78 is 27.3. The lowest BCUT2D eigenvalue weighted by molar-refractivity contribution is 0.307. The fraction of sp³-hybridized carbons (Fsp3) is 0.417. The monoisotopic (exact) mass is 319 g/mol. The van der Waals surface area contributed by atoms with Crippen molar-refractivity contribution in [3.8, 4) is 0 Å². The molecule has 0 bridgehead atoms. The van der Waals surface area contributed by atoms with Gasteiger partial charge in [-0.25, -0.2) is 8.42 Å². The van der Waals surface area contributed by atoms with Crippen LogP contribution in [0.5, 0.6) is 0 Å². The van der Waals surface area contributed by atoms with Gasteiger partial charge in [-0.05, 0) is 25.0 Å². The number of rotatable bonds is 6. The van der Waals surface area contributed by atoms with Crippen LogP contribution in [0.2, 0.25) is 5.02 Å². The number of benzene rings is 1. The maximum atomic E-state index is 12.4. The summed E-state index contributed by atoms with van der Waals surface area (Å²) in [6.45, 7) is 3.49. The maximum Gasteiger partial charge on any atom is 0.242 e. The molecule has 0 saturated carbocycles. The number of halogens is 1. The van der Waals surface area contributed by atoms with Crippen molar-refractivity contribution < 1.29 is 13.6 Å². The molecule has 0 unspecified atom stereocenters. The van der Waals surface area contributed by atoms with Crippen LogP contribution in [0, 0.1) is 0 Å². The fourth-order valence-electron chi connectivity index (χ4n) is 1.88. The summed E-state index contributed by atoms with van der Waals surface area (Å²) in [5, 5.41) is 11.9. The van der Waals surface area contributed by atoms with Gasteiger partial charge in [-0.3, -0.25) is 0 Å². The third-order valence-corrected chi connectivity index (χ3v) is 5.30. The molecule has 0 heterocycles. The minimum absolute atomic E-state index is 0.0429. The first-order valence-corrected chi connectivity index (χ1v) is 7.95. The highest BCUT2D eigenvalue weighted by Crippen LogP contribution is 2.24. The second kappa shape index (κ2) is 6.43. The molecule has 0 amide bonds. The van der Waals surface area contributed by atoms with Gasteiger partial charge in [0.1, 0.15) is 4.90 Å². The molecule has 0 spiro atoms. The molecule has 0 aliphatic heterocycles. The number of sulfonamides is 1. The molecule has 0 radical (unpaired) electrons. The number of hydrogen-bond acceptors (Lipinski definition) is 4. The molecule has 0 aromatic heterocycles. The van der Waals surface area contributed by atoms with Crippen molar-refractivity contribution in [1.29, 1.82) is 0 Å². The van der Waals surface area contributed by atoms with Gasteiger partial charge >= 0.3 is 0 Å². The van der Waals surface area contributed by atoms with Crippen LogP contribution < -0.4 is 10.5 Å². The zero-order valence-electron chi connectivity index (χ0n) is 11.3. The first-order valence-electron chi connectivity index (χ1n) is 6.09. The molecule has 0 fully saturated rings. The zero-order valence-corrected chi connectivity index (χ0v) is 12.9. The standard InChI is InChI=1S/C12H18ClN3O3S/c1-3-12(4-2,11(14)15-17)16-20(18,19)10-8-6-5-7-9(10)13/h5-8,16-17H,3-4H2,1-2H3,(H2,14,15). The Morgan fingerprint density at radius 3 is 2.40 bits per heavy atom. The summed E-state index contributed by atoms with van der Waals surface area (Å²) in [6, 6.07) is 6.09. The van der Waals surface area contributed by atoms with E-state index in [1.165, 1.54) is 12.1 Å². The first-order chi connectivity index (χ1) is 9.33. The van der Waals surface area contributed by atoms with Crippen molar-refractivity contribution in [3.05, 3.63) is 29.3 Å². The van der Waals surface area contributed by atoms with Gasteiger partial charge in [0.15, 0.2) is 5.84 Å². The largest absolute Gasteiger partial charge is 0.409 e. The predicted molar refractivity (Wildman–Crippen MR) is 78.5 cm³/mol. The van der Waals surface area contributed by atoms with E-state index in [1.807, 2.05) is 0 Å². The Kier molecular flexibility index (Phi) is 5.38. The van der Waals surface area contributed by atoms with E-state index in [-0.39, 0.29) is 15.8 Å². The quantitative estimate of drug-likeness (QED) is 0.322. The van der Waals surface area contributed by atoms with Crippen molar-refractivity contribution in [2.75, 3.05) is 0 Å². The molecule has 0 aliphatic rings. The Morgan fingerprint density at radius 2 is 1.95 bits per heavy atom. The molecule has 20 heavy (non-hydrogen) atoms. The normalized spacial score (nSPS) is 13.4. The highest BCUT2D eigenvalue weighted by Gasteiger charge is 2.37. The molecule has 1 aromatic carbocycles. The zero-order chi connectivity index (χ0) is 15.4. The number of amidine groups is 1. The van der Waals surface area contributed by atoms with E-state index in [2.05, 4.69) is 9.88 Å². The van der Waals surface area contributed by atoms with Crippen LogP contribution in [0.25, 0.3) is 0 Å². The van der Waals surface area contributed by atoms with E-state index >= 15 is 0 Å². The summed E-state index contributed by atoms with van der Waals surface area (Å²) in [5.74, 6) is -0.182. The predicted octanol–water partition coefficient (Wildman–Crippen LogP) is 1.92. The lowest BCUT2D eigenvalue weighted by Crippen LogP contribution is -2.56. The summed E-state index contributed by atoms with van der Waals surface area (Å²) >= 11 is 5.91. The van der Waals surface area contributed by atoms with Crippen LogP contribution in [0.3, 0.4) is 0 Å². The molecule has 1 aromatic rings. The molecule has 0 saturated heterocycles.